The zero-order valence-electron chi connectivity index (χ0n) is 13.4. The van der Waals surface area contributed by atoms with Gasteiger partial charge in [0.25, 0.3) is 5.91 Å². The Morgan fingerprint density at radius 2 is 2.00 bits per heavy atom. The molecule has 1 N–H and O–H groups in total. The standard InChI is InChI=1S/C16H22F2N2O3/c1-11-7-13(15(18)8-14(11)17)16(22)19(2)9-12(21)10-20-3-5-23-6-4-20/h7-8,12,21H,3-6,9-10H2,1-2H3. The maximum atomic E-state index is 13.8. The number of halogens is 2. The van der Waals surface area contributed by atoms with E-state index in [2.05, 4.69) is 4.90 Å². The monoisotopic (exact) mass is 328 g/mol. The number of hydrogen-bond donors (Lipinski definition) is 1. The molecule has 0 radical (unpaired) electrons. The second-order valence-corrected chi connectivity index (χ2v) is 5.83. The number of ether oxygens (including phenoxy) is 1. The van der Waals surface area contributed by atoms with Gasteiger partial charge in [-0.05, 0) is 18.6 Å². The molecule has 1 aromatic carbocycles. The SMILES string of the molecule is Cc1cc(C(=O)N(C)CC(O)CN2CCOCC2)c(F)cc1F. The van der Waals surface area contributed by atoms with E-state index < -0.39 is 23.6 Å². The Kier molecular flexibility index (Phi) is 6.04. The van der Waals surface area contributed by atoms with Crippen LogP contribution in [0.5, 0.6) is 0 Å². The van der Waals surface area contributed by atoms with Gasteiger partial charge in [-0.25, -0.2) is 8.78 Å². The normalized spacial score (nSPS) is 17.1. The number of β-amino-alcohol motifs (C(OH)–C–C–N with tert-alkyl or cyclic N) is 1. The molecule has 1 aliphatic rings. The van der Waals surface area contributed by atoms with Gasteiger partial charge in [-0.3, -0.25) is 9.69 Å². The lowest BCUT2D eigenvalue weighted by Gasteiger charge is -2.30. The number of amides is 1. The van der Waals surface area contributed by atoms with Crippen LogP contribution in [0.25, 0.3) is 0 Å². The number of likely N-dealkylation sites (N-methyl/N-ethyl adjacent to an activating group) is 1. The molecular weight excluding hydrogens is 306 g/mol. The highest BCUT2D eigenvalue weighted by Gasteiger charge is 2.22. The molecule has 5 nitrogen and oxygen atoms in total. The van der Waals surface area contributed by atoms with Gasteiger partial charge in [-0.15, -0.1) is 0 Å². The first kappa shape index (κ1) is 17.8. The maximum Gasteiger partial charge on any atom is 0.256 e. The number of aryl methyl sites for hydroxylation is 1. The van der Waals surface area contributed by atoms with Crippen molar-refractivity contribution >= 4 is 5.91 Å². The highest BCUT2D eigenvalue weighted by Crippen LogP contribution is 2.16. The van der Waals surface area contributed by atoms with Crippen molar-refractivity contribution in [1.29, 1.82) is 0 Å². The summed E-state index contributed by atoms with van der Waals surface area (Å²) in [6, 6.07) is 1.90. The van der Waals surface area contributed by atoms with Gasteiger partial charge in [0.1, 0.15) is 11.6 Å². The minimum absolute atomic E-state index is 0.0755. The largest absolute Gasteiger partial charge is 0.390 e. The molecule has 1 saturated heterocycles. The summed E-state index contributed by atoms with van der Waals surface area (Å²) in [5, 5.41) is 10.1. The van der Waals surface area contributed by atoms with Crippen molar-refractivity contribution in [1.82, 2.24) is 9.80 Å². The number of aliphatic hydroxyl groups is 1. The summed E-state index contributed by atoms with van der Waals surface area (Å²) in [7, 11) is 1.49. The topological polar surface area (TPSA) is 53.0 Å². The molecule has 1 heterocycles. The summed E-state index contributed by atoms with van der Waals surface area (Å²) < 4.78 is 32.3. The van der Waals surface area contributed by atoms with E-state index in [1.54, 1.807) is 0 Å². The zero-order valence-corrected chi connectivity index (χ0v) is 13.4. The van der Waals surface area contributed by atoms with Crippen LogP contribution in [0.15, 0.2) is 12.1 Å². The van der Waals surface area contributed by atoms with E-state index in [4.69, 9.17) is 4.74 Å². The molecule has 2 rings (SSSR count). The third-order valence-corrected chi connectivity index (χ3v) is 3.88. The Balaban J connectivity index is 1.95. The summed E-state index contributed by atoms with van der Waals surface area (Å²) in [5.74, 6) is -2.16. The number of rotatable bonds is 5. The smallest absolute Gasteiger partial charge is 0.256 e. The molecule has 1 fully saturated rings. The third kappa shape index (κ3) is 4.70. The fraction of sp³-hybridized carbons (Fsp3) is 0.562. The van der Waals surface area contributed by atoms with Crippen LogP contribution in [0.2, 0.25) is 0 Å². The molecule has 1 aliphatic heterocycles. The van der Waals surface area contributed by atoms with Crippen molar-refractivity contribution in [2.45, 2.75) is 13.0 Å². The lowest BCUT2D eigenvalue weighted by Crippen LogP contribution is -2.45. The van der Waals surface area contributed by atoms with Crippen LogP contribution in [0.3, 0.4) is 0 Å². The van der Waals surface area contributed by atoms with E-state index in [0.717, 1.165) is 13.1 Å². The van der Waals surface area contributed by atoms with Gasteiger partial charge >= 0.3 is 0 Å². The van der Waals surface area contributed by atoms with Gasteiger partial charge in [0.2, 0.25) is 0 Å². The van der Waals surface area contributed by atoms with E-state index in [0.29, 0.717) is 25.8 Å². The molecule has 0 aliphatic carbocycles. The Hall–Kier alpha value is -1.57. The Morgan fingerprint density at radius 3 is 2.65 bits per heavy atom. The Labute approximate surface area is 134 Å². The molecule has 0 bridgehead atoms. The van der Waals surface area contributed by atoms with Crippen molar-refractivity contribution in [3.05, 3.63) is 34.9 Å². The van der Waals surface area contributed by atoms with E-state index in [-0.39, 0.29) is 17.7 Å². The second kappa shape index (κ2) is 7.81. The van der Waals surface area contributed by atoms with E-state index in [1.165, 1.54) is 24.9 Å². The highest BCUT2D eigenvalue weighted by atomic mass is 19.1. The maximum absolute atomic E-state index is 13.8. The molecule has 1 amide bonds. The summed E-state index contributed by atoms with van der Waals surface area (Å²) in [4.78, 5) is 15.6. The van der Waals surface area contributed by atoms with Crippen molar-refractivity contribution in [3.63, 3.8) is 0 Å². The zero-order chi connectivity index (χ0) is 17.0. The number of carbonyl (C=O) groups excluding carboxylic acids is 1. The van der Waals surface area contributed by atoms with E-state index in [1.807, 2.05) is 0 Å². The second-order valence-electron chi connectivity index (χ2n) is 5.83. The number of carbonyl (C=O) groups is 1. The average molecular weight is 328 g/mol. The van der Waals surface area contributed by atoms with Crippen LogP contribution in [0, 0.1) is 18.6 Å². The van der Waals surface area contributed by atoms with Crippen LogP contribution in [0.1, 0.15) is 15.9 Å². The van der Waals surface area contributed by atoms with Crippen LogP contribution >= 0.6 is 0 Å². The highest BCUT2D eigenvalue weighted by molar-refractivity contribution is 5.94. The predicted octanol–water partition coefficient (Wildman–Crippen LogP) is 1.04. The average Bonchev–Trinajstić information content (AvgIpc) is 2.51. The number of nitrogens with zero attached hydrogens (tertiary/aromatic N) is 2. The Morgan fingerprint density at radius 1 is 1.35 bits per heavy atom. The van der Waals surface area contributed by atoms with Gasteiger partial charge in [0.15, 0.2) is 0 Å². The van der Waals surface area contributed by atoms with Crippen LogP contribution < -0.4 is 0 Å². The minimum atomic E-state index is -0.896. The van der Waals surface area contributed by atoms with Crippen molar-refractivity contribution < 1.29 is 23.4 Å². The third-order valence-electron chi connectivity index (χ3n) is 3.88. The summed E-state index contributed by atoms with van der Waals surface area (Å²) in [6.07, 6.45) is -0.744. The fourth-order valence-electron chi connectivity index (χ4n) is 2.57. The molecule has 0 aromatic heterocycles. The summed E-state index contributed by atoms with van der Waals surface area (Å²) >= 11 is 0. The quantitative estimate of drug-likeness (QED) is 0.877. The molecule has 1 aromatic rings. The van der Waals surface area contributed by atoms with E-state index >= 15 is 0 Å². The molecule has 23 heavy (non-hydrogen) atoms. The molecule has 128 valence electrons. The van der Waals surface area contributed by atoms with Gasteiger partial charge in [0, 0.05) is 39.3 Å². The Bertz CT molecular complexity index is 563. The van der Waals surface area contributed by atoms with Gasteiger partial charge in [-0.1, -0.05) is 0 Å². The van der Waals surface area contributed by atoms with Gasteiger partial charge < -0.3 is 14.7 Å². The number of hydrogen-bond acceptors (Lipinski definition) is 4. The molecule has 0 spiro atoms. The van der Waals surface area contributed by atoms with E-state index in [9.17, 15) is 18.7 Å². The molecule has 7 heteroatoms. The van der Waals surface area contributed by atoms with Crippen molar-refractivity contribution in [2.75, 3.05) is 46.4 Å². The van der Waals surface area contributed by atoms with Crippen LogP contribution in [-0.4, -0.2) is 73.4 Å². The lowest BCUT2D eigenvalue weighted by atomic mass is 10.1. The molecule has 1 unspecified atom stereocenters. The first-order valence-electron chi connectivity index (χ1n) is 7.57. The molecule has 1 atom stereocenters. The van der Waals surface area contributed by atoms with Crippen LogP contribution in [-0.2, 0) is 4.74 Å². The summed E-state index contributed by atoms with van der Waals surface area (Å²) in [6.45, 7) is 4.70. The number of benzene rings is 1. The lowest BCUT2D eigenvalue weighted by molar-refractivity contribution is 0.00874. The van der Waals surface area contributed by atoms with Gasteiger partial charge in [0.05, 0.1) is 24.9 Å². The molecule has 0 saturated carbocycles. The fourth-order valence-corrected chi connectivity index (χ4v) is 2.57. The van der Waals surface area contributed by atoms with Crippen molar-refractivity contribution in [2.24, 2.45) is 0 Å². The number of morpholine rings is 1. The summed E-state index contributed by atoms with van der Waals surface area (Å²) in [5.41, 5.74) is 0.0157. The predicted molar refractivity (Wildman–Crippen MR) is 81.3 cm³/mol. The van der Waals surface area contributed by atoms with Crippen LogP contribution in [0.4, 0.5) is 8.78 Å². The first-order valence-corrected chi connectivity index (χ1v) is 7.57. The first-order chi connectivity index (χ1) is 10.9. The number of aliphatic hydroxyl groups excluding tert-OH is 1. The minimum Gasteiger partial charge on any atom is -0.390 e. The van der Waals surface area contributed by atoms with Gasteiger partial charge in [-0.2, -0.15) is 0 Å². The molecular formula is C16H22F2N2O3. The van der Waals surface area contributed by atoms with Crippen molar-refractivity contribution in [3.8, 4) is 0 Å².